The number of amides is 1. The average Bonchev–Trinajstić information content (AvgIpc) is 3.41. The van der Waals surface area contributed by atoms with Crippen molar-refractivity contribution in [2.45, 2.75) is 31.6 Å². The van der Waals surface area contributed by atoms with Gasteiger partial charge in [0.1, 0.15) is 31.0 Å². The van der Waals surface area contributed by atoms with E-state index in [1.807, 2.05) is 12.2 Å². The predicted molar refractivity (Wildman–Crippen MR) is 93.6 cm³/mol. The van der Waals surface area contributed by atoms with Crippen LogP contribution in [0.2, 0.25) is 0 Å². The van der Waals surface area contributed by atoms with Crippen LogP contribution in [0.3, 0.4) is 0 Å². The van der Waals surface area contributed by atoms with Crippen LogP contribution in [0, 0.1) is 28.6 Å². The second kappa shape index (κ2) is 7.96. The summed E-state index contributed by atoms with van der Waals surface area (Å²) in [4.78, 5) is 46.8. The Hall–Kier alpha value is -2.33. The summed E-state index contributed by atoms with van der Waals surface area (Å²) in [5.41, 5.74) is -0.479. The maximum absolute atomic E-state index is 12.4. The monoisotopic (exact) mass is 396 g/mol. The van der Waals surface area contributed by atoms with Gasteiger partial charge in [0.15, 0.2) is 0 Å². The van der Waals surface area contributed by atoms with Crippen LogP contribution in [0.1, 0.15) is 13.8 Å². The highest BCUT2D eigenvalue weighted by Gasteiger charge is 2.77. The van der Waals surface area contributed by atoms with E-state index in [1.54, 1.807) is 6.92 Å². The van der Waals surface area contributed by atoms with Crippen molar-refractivity contribution in [3.05, 3.63) is 17.1 Å². The zero-order chi connectivity index (χ0) is 20.5. The number of carbonyl (C=O) groups is 3. The highest BCUT2D eigenvalue weighted by molar-refractivity contribution is 5.82. The summed E-state index contributed by atoms with van der Waals surface area (Å²) >= 11 is 0. The third kappa shape index (κ3) is 3.53. The van der Waals surface area contributed by atoms with Crippen LogP contribution in [-0.2, 0) is 28.6 Å². The molecular weight excluding hydrogens is 372 g/mol. The number of carbonyl (C=O) groups excluding carboxylic acids is 3. The summed E-state index contributed by atoms with van der Waals surface area (Å²) in [6, 6.07) is -0.710. The molecule has 28 heavy (non-hydrogen) atoms. The van der Waals surface area contributed by atoms with Crippen LogP contribution in [0.25, 0.3) is 0 Å². The summed E-state index contributed by atoms with van der Waals surface area (Å²) in [5.74, 6) is -3.50. The predicted octanol–water partition coefficient (Wildman–Crippen LogP) is -0.458. The molecule has 1 saturated heterocycles. The fourth-order valence-corrected chi connectivity index (χ4v) is 3.64. The molecule has 0 aromatic heterocycles. The fraction of sp³-hybridized carbons (Fsp3) is 0.722. The van der Waals surface area contributed by atoms with Crippen LogP contribution in [0.4, 0.5) is 0 Å². The molecule has 7 atom stereocenters. The Morgan fingerprint density at radius 2 is 1.96 bits per heavy atom. The molecule has 3 aliphatic rings. The first-order chi connectivity index (χ1) is 13.4. The number of hydrogen-bond donors (Lipinski definition) is 2. The lowest BCUT2D eigenvalue weighted by Gasteiger charge is -2.29. The first-order valence-corrected chi connectivity index (χ1v) is 9.27. The van der Waals surface area contributed by atoms with Gasteiger partial charge in [-0.15, -0.1) is 0 Å². The van der Waals surface area contributed by atoms with E-state index in [2.05, 4.69) is 10.5 Å². The second-order valence-corrected chi connectivity index (χ2v) is 7.47. The van der Waals surface area contributed by atoms with E-state index in [0.29, 0.717) is 0 Å². The summed E-state index contributed by atoms with van der Waals surface area (Å²) in [5, 5.41) is 14.6. The molecular formula is C18H24N2O8. The molecule has 0 aromatic carbocycles. The maximum Gasteiger partial charge on any atom is 0.312 e. The van der Waals surface area contributed by atoms with Crippen molar-refractivity contribution in [3.63, 3.8) is 0 Å². The number of aliphatic hydroxyl groups is 1. The number of ether oxygens (including phenoxy) is 3. The van der Waals surface area contributed by atoms with Crippen LogP contribution in [-0.4, -0.2) is 67.1 Å². The van der Waals surface area contributed by atoms with Gasteiger partial charge in [0.25, 0.3) is 0 Å². The minimum Gasteiger partial charge on any atom is -0.465 e. The van der Waals surface area contributed by atoms with Gasteiger partial charge in [-0.1, -0.05) is 17.3 Å². The number of nitrogens with zero attached hydrogens (tertiary/aromatic N) is 1. The topological polar surface area (TPSA) is 144 Å². The Morgan fingerprint density at radius 1 is 1.25 bits per heavy atom. The van der Waals surface area contributed by atoms with Gasteiger partial charge in [0.2, 0.25) is 5.91 Å². The lowest BCUT2D eigenvalue weighted by atomic mass is 9.78. The average molecular weight is 396 g/mol. The van der Waals surface area contributed by atoms with Crippen molar-refractivity contribution in [1.29, 1.82) is 0 Å². The van der Waals surface area contributed by atoms with Crippen LogP contribution >= 0.6 is 0 Å². The molecule has 7 unspecified atom stereocenters. The molecule has 2 fully saturated rings. The third-order valence-corrected chi connectivity index (χ3v) is 5.49. The number of nitrogens with one attached hydrogen (secondary N) is 1. The molecule has 3 rings (SSSR count). The molecule has 0 aromatic rings. The van der Waals surface area contributed by atoms with E-state index in [9.17, 15) is 19.3 Å². The summed E-state index contributed by atoms with van der Waals surface area (Å²) in [6.07, 6.45) is 3.41. The molecule has 2 N–H and O–H groups in total. The number of hydrogen-bond acceptors (Lipinski definition) is 9. The number of aliphatic hydroxyl groups excluding tert-OH is 1. The molecule has 0 radical (unpaired) electrons. The minimum atomic E-state index is -0.710. The van der Waals surface area contributed by atoms with Crippen LogP contribution in [0.5, 0.6) is 0 Å². The molecule has 10 nitrogen and oxygen atoms in total. The van der Waals surface area contributed by atoms with E-state index < -0.39 is 41.3 Å². The zero-order valence-corrected chi connectivity index (χ0v) is 15.7. The fourth-order valence-electron chi connectivity index (χ4n) is 3.64. The van der Waals surface area contributed by atoms with E-state index >= 15 is 0 Å². The zero-order valence-electron chi connectivity index (χ0n) is 15.7. The van der Waals surface area contributed by atoms with E-state index in [0.717, 1.165) is 0 Å². The van der Waals surface area contributed by atoms with Crippen LogP contribution < -0.4 is 5.32 Å². The summed E-state index contributed by atoms with van der Waals surface area (Å²) in [6.45, 7) is 2.62. The number of rotatable bonds is 10. The van der Waals surface area contributed by atoms with E-state index in [-0.39, 0.29) is 44.3 Å². The first-order valence-electron chi connectivity index (χ1n) is 9.27. The minimum absolute atomic E-state index is 0.0482. The molecule has 1 aliphatic heterocycles. The van der Waals surface area contributed by atoms with Crippen molar-refractivity contribution in [1.82, 2.24) is 5.32 Å². The van der Waals surface area contributed by atoms with Gasteiger partial charge in [-0.3, -0.25) is 14.4 Å². The highest BCUT2D eigenvalue weighted by Crippen LogP contribution is 2.63. The lowest BCUT2D eigenvalue weighted by molar-refractivity contribution is -0.157. The number of epoxide rings is 1. The van der Waals surface area contributed by atoms with Crippen molar-refractivity contribution >= 4 is 17.8 Å². The standard InChI is InChI=1S/C18H24N2O8/c1-9(7-21)16(23)27-8-10(2)17(24)26-6-5-19-15(22)12-11-3-4-18(11)14(28-18)13(12)20-25/h3-4,9-14,21H,5-8H2,1-2H3,(H,19,22). The Labute approximate surface area is 161 Å². The van der Waals surface area contributed by atoms with Gasteiger partial charge in [-0.2, -0.15) is 4.91 Å². The summed E-state index contributed by atoms with van der Waals surface area (Å²) in [7, 11) is 0. The Bertz CT molecular complexity index is 695. The molecule has 1 saturated carbocycles. The van der Waals surface area contributed by atoms with Gasteiger partial charge >= 0.3 is 11.9 Å². The molecule has 2 aliphatic carbocycles. The van der Waals surface area contributed by atoms with Crippen LogP contribution in [0.15, 0.2) is 17.3 Å². The molecule has 0 bridgehead atoms. The van der Waals surface area contributed by atoms with Crippen molar-refractivity contribution in [2.75, 3.05) is 26.4 Å². The van der Waals surface area contributed by atoms with Gasteiger partial charge < -0.3 is 24.6 Å². The van der Waals surface area contributed by atoms with Gasteiger partial charge in [-0.05, 0) is 13.8 Å². The van der Waals surface area contributed by atoms with Crippen molar-refractivity contribution in [3.8, 4) is 0 Å². The van der Waals surface area contributed by atoms with Gasteiger partial charge in [0.05, 0.1) is 30.9 Å². The largest absolute Gasteiger partial charge is 0.465 e. The molecule has 1 amide bonds. The van der Waals surface area contributed by atoms with E-state index in [4.69, 9.17) is 19.3 Å². The van der Waals surface area contributed by atoms with Gasteiger partial charge in [0, 0.05) is 5.92 Å². The Balaban J connectivity index is 1.35. The molecule has 1 spiro atoms. The number of esters is 2. The van der Waals surface area contributed by atoms with Crippen molar-refractivity contribution in [2.24, 2.45) is 28.8 Å². The molecule has 10 heteroatoms. The normalized spacial score (nSPS) is 33.5. The quantitative estimate of drug-likeness (QED) is 0.166. The van der Waals surface area contributed by atoms with Crippen molar-refractivity contribution < 1.29 is 33.7 Å². The SMILES string of the molecule is CC(CO)C(=O)OCC(C)C(=O)OCCNC(=O)C1C(N=O)C2OC23C=CC13. The summed E-state index contributed by atoms with van der Waals surface area (Å²) < 4.78 is 15.5. The maximum atomic E-state index is 12.4. The smallest absolute Gasteiger partial charge is 0.312 e. The number of nitroso groups, excluding NO2 is 1. The lowest BCUT2D eigenvalue weighted by Crippen LogP contribution is -2.43. The molecule has 1 heterocycles. The van der Waals surface area contributed by atoms with Gasteiger partial charge in [-0.25, -0.2) is 0 Å². The van der Waals surface area contributed by atoms with E-state index in [1.165, 1.54) is 6.92 Å². The molecule has 154 valence electrons. The Morgan fingerprint density at radius 3 is 2.57 bits per heavy atom. The first kappa shape index (κ1) is 20.4. The third-order valence-electron chi connectivity index (χ3n) is 5.49. The highest BCUT2D eigenvalue weighted by atomic mass is 16.6. The Kier molecular flexibility index (Phi) is 5.80. The second-order valence-electron chi connectivity index (χ2n) is 7.47.